The number of halogens is 1. The van der Waals surface area contributed by atoms with Gasteiger partial charge >= 0.3 is 0 Å². The van der Waals surface area contributed by atoms with Crippen LogP contribution in [-0.4, -0.2) is 26.8 Å². The molecule has 0 saturated heterocycles. The second-order valence-corrected chi connectivity index (χ2v) is 3.94. The summed E-state index contributed by atoms with van der Waals surface area (Å²) in [5.41, 5.74) is 0.968. The quantitative estimate of drug-likeness (QED) is 0.901. The lowest BCUT2D eigenvalue weighted by Crippen LogP contribution is -2.05. The number of nitrogens with one attached hydrogen (secondary N) is 1. The molecule has 15 heavy (non-hydrogen) atoms. The van der Waals surface area contributed by atoms with Crippen LogP contribution in [0.1, 0.15) is 5.56 Å². The summed E-state index contributed by atoms with van der Waals surface area (Å²) in [6.45, 7) is 1.96. The number of hydrogen-bond donors (Lipinski definition) is 1. The minimum Gasteiger partial charge on any atom is -0.373 e. The van der Waals surface area contributed by atoms with Gasteiger partial charge in [-0.2, -0.15) is 5.10 Å². The molecule has 78 valence electrons. The van der Waals surface area contributed by atoms with Gasteiger partial charge < -0.3 is 5.32 Å². The van der Waals surface area contributed by atoms with Crippen molar-refractivity contribution >= 4 is 21.7 Å². The van der Waals surface area contributed by atoms with Crippen LogP contribution in [0.4, 0.5) is 5.82 Å². The van der Waals surface area contributed by atoms with Crippen LogP contribution >= 0.6 is 15.9 Å². The van der Waals surface area contributed by atoms with Gasteiger partial charge in [-0.25, -0.2) is 14.6 Å². The predicted octanol–water partition coefficient (Wildman–Crippen LogP) is 1.77. The first-order chi connectivity index (χ1) is 7.22. The van der Waals surface area contributed by atoms with Crippen molar-refractivity contribution in [3.63, 3.8) is 0 Å². The van der Waals surface area contributed by atoms with E-state index >= 15 is 0 Å². The van der Waals surface area contributed by atoms with Gasteiger partial charge in [0.2, 0.25) is 0 Å². The number of aromatic nitrogens is 4. The summed E-state index contributed by atoms with van der Waals surface area (Å²) in [5, 5.41) is 7.18. The lowest BCUT2D eigenvalue weighted by atomic mass is 10.3. The fraction of sp³-hybridized carbons (Fsp3) is 0.222. The van der Waals surface area contributed by atoms with Crippen molar-refractivity contribution in [3.05, 3.63) is 28.8 Å². The van der Waals surface area contributed by atoms with E-state index in [2.05, 4.69) is 36.3 Å². The van der Waals surface area contributed by atoms with Gasteiger partial charge in [0.15, 0.2) is 5.82 Å². The first-order valence-corrected chi connectivity index (χ1v) is 5.21. The minimum absolute atomic E-state index is 0.778. The van der Waals surface area contributed by atoms with E-state index in [1.165, 1.54) is 6.33 Å². The number of rotatable bonds is 2. The predicted molar refractivity (Wildman–Crippen MR) is 61.1 cm³/mol. The van der Waals surface area contributed by atoms with E-state index in [0.717, 1.165) is 21.7 Å². The standard InChI is InChI=1S/C9H10BrN5/c1-6-8(11-2)12-5-13-9(6)15-4-7(10)3-14-15/h3-5H,1-2H3,(H,11,12,13). The van der Waals surface area contributed by atoms with Gasteiger partial charge in [-0.15, -0.1) is 0 Å². The van der Waals surface area contributed by atoms with Crippen LogP contribution in [0.5, 0.6) is 0 Å². The molecule has 5 nitrogen and oxygen atoms in total. The third kappa shape index (κ3) is 1.85. The fourth-order valence-electron chi connectivity index (χ4n) is 1.34. The zero-order valence-electron chi connectivity index (χ0n) is 8.40. The molecule has 6 heteroatoms. The van der Waals surface area contributed by atoms with E-state index in [0.29, 0.717) is 0 Å². The monoisotopic (exact) mass is 267 g/mol. The topological polar surface area (TPSA) is 55.6 Å². The molecule has 1 N–H and O–H groups in total. The average Bonchev–Trinajstić information content (AvgIpc) is 2.65. The molecule has 0 bridgehead atoms. The maximum Gasteiger partial charge on any atom is 0.161 e. The molecule has 2 rings (SSSR count). The highest BCUT2D eigenvalue weighted by molar-refractivity contribution is 9.10. The van der Waals surface area contributed by atoms with Gasteiger partial charge in [0.1, 0.15) is 12.1 Å². The Morgan fingerprint density at radius 2 is 2.20 bits per heavy atom. The third-order valence-electron chi connectivity index (χ3n) is 2.06. The van der Waals surface area contributed by atoms with E-state index in [1.807, 2.05) is 20.2 Å². The summed E-state index contributed by atoms with van der Waals surface area (Å²) in [6.07, 6.45) is 5.10. The second-order valence-electron chi connectivity index (χ2n) is 3.02. The first-order valence-electron chi connectivity index (χ1n) is 4.42. The molecular formula is C9H10BrN5. The zero-order valence-corrected chi connectivity index (χ0v) is 9.98. The van der Waals surface area contributed by atoms with Crippen molar-refractivity contribution in [1.29, 1.82) is 0 Å². The second kappa shape index (κ2) is 3.98. The maximum absolute atomic E-state index is 4.20. The number of nitrogens with zero attached hydrogens (tertiary/aromatic N) is 4. The summed E-state index contributed by atoms with van der Waals surface area (Å²) < 4.78 is 2.63. The highest BCUT2D eigenvalue weighted by atomic mass is 79.9. The Bertz CT molecular complexity index is 479. The van der Waals surface area contributed by atoms with Crippen LogP contribution in [0.25, 0.3) is 5.82 Å². The van der Waals surface area contributed by atoms with Crippen molar-refractivity contribution < 1.29 is 0 Å². The number of anilines is 1. The molecule has 2 aromatic heterocycles. The van der Waals surface area contributed by atoms with Crippen molar-refractivity contribution in [2.45, 2.75) is 6.92 Å². The van der Waals surface area contributed by atoms with E-state index in [9.17, 15) is 0 Å². The molecule has 0 aliphatic carbocycles. The smallest absolute Gasteiger partial charge is 0.161 e. The van der Waals surface area contributed by atoms with Crippen LogP contribution < -0.4 is 5.32 Å². The minimum atomic E-state index is 0.778. The molecule has 0 aromatic carbocycles. The summed E-state index contributed by atoms with van der Waals surface area (Å²) in [5.74, 6) is 1.59. The summed E-state index contributed by atoms with van der Waals surface area (Å²) in [4.78, 5) is 8.31. The highest BCUT2D eigenvalue weighted by Gasteiger charge is 2.08. The van der Waals surface area contributed by atoms with E-state index in [1.54, 1.807) is 10.9 Å². The van der Waals surface area contributed by atoms with Crippen LogP contribution in [0.15, 0.2) is 23.2 Å². The molecule has 0 aliphatic heterocycles. The van der Waals surface area contributed by atoms with Gasteiger partial charge in [-0.1, -0.05) is 0 Å². The molecule has 0 unspecified atom stereocenters. The molecule has 0 saturated carbocycles. The summed E-state index contributed by atoms with van der Waals surface area (Å²) in [7, 11) is 1.83. The molecule has 0 fully saturated rings. The highest BCUT2D eigenvalue weighted by Crippen LogP contribution is 2.17. The van der Waals surface area contributed by atoms with Crippen LogP contribution in [0, 0.1) is 6.92 Å². The lowest BCUT2D eigenvalue weighted by Gasteiger charge is -2.07. The largest absolute Gasteiger partial charge is 0.373 e. The van der Waals surface area contributed by atoms with Crippen LogP contribution in [0.2, 0.25) is 0 Å². The maximum atomic E-state index is 4.20. The zero-order chi connectivity index (χ0) is 10.8. The van der Waals surface area contributed by atoms with Crippen molar-refractivity contribution in [1.82, 2.24) is 19.7 Å². The summed E-state index contributed by atoms with van der Waals surface area (Å²) >= 11 is 3.35. The van der Waals surface area contributed by atoms with Crippen LogP contribution in [0.3, 0.4) is 0 Å². The molecule has 0 radical (unpaired) electrons. The normalized spacial score (nSPS) is 10.3. The number of hydrogen-bond acceptors (Lipinski definition) is 4. The average molecular weight is 268 g/mol. The van der Waals surface area contributed by atoms with E-state index in [4.69, 9.17) is 0 Å². The van der Waals surface area contributed by atoms with Crippen molar-refractivity contribution in [3.8, 4) is 5.82 Å². The van der Waals surface area contributed by atoms with E-state index < -0.39 is 0 Å². The van der Waals surface area contributed by atoms with E-state index in [-0.39, 0.29) is 0 Å². The van der Waals surface area contributed by atoms with Gasteiger partial charge in [-0.05, 0) is 22.9 Å². The van der Waals surface area contributed by atoms with Crippen LogP contribution in [-0.2, 0) is 0 Å². The Morgan fingerprint density at radius 1 is 1.40 bits per heavy atom. The Labute approximate surface area is 95.7 Å². The van der Waals surface area contributed by atoms with Crippen molar-refractivity contribution in [2.24, 2.45) is 0 Å². The third-order valence-corrected chi connectivity index (χ3v) is 2.47. The molecule has 0 atom stereocenters. The fourth-order valence-corrected chi connectivity index (χ4v) is 1.63. The molecule has 0 amide bonds. The Hall–Kier alpha value is -1.43. The lowest BCUT2D eigenvalue weighted by molar-refractivity contribution is 0.830. The molecule has 2 aromatic rings. The molecule has 0 spiro atoms. The Morgan fingerprint density at radius 3 is 2.80 bits per heavy atom. The van der Waals surface area contributed by atoms with Gasteiger partial charge in [0, 0.05) is 18.8 Å². The van der Waals surface area contributed by atoms with Crippen molar-refractivity contribution in [2.75, 3.05) is 12.4 Å². The first kappa shape index (κ1) is 10.1. The Kier molecular flexibility index (Phi) is 2.68. The Balaban J connectivity index is 2.53. The molecule has 2 heterocycles. The van der Waals surface area contributed by atoms with Gasteiger partial charge in [-0.3, -0.25) is 0 Å². The SMILES string of the molecule is CNc1ncnc(-n2cc(Br)cn2)c1C. The van der Waals surface area contributed by atoms with Gasteiger partial charge in [0.25, 0.3) is 0 Å². The van der Waals surface area contributed by atoms with Gasteiger partial charge in [0.05, 0.1) is 10.7 Å². The molecule has 0 aliphatic rings. The molecular weight excluding hydrogens is 258 g/mol. The summed E-state index contributed by atoms with van der Waals surface area (Å²) in [6, 6.07) is 0.